The van der Waals surface area contributed by atoms with Crippen molar-refractivity contribution in [1.29, 1.82) is 0 Å². The lowest BCUT2D eigenvalue weighted by atomic mass is 10.1. The predicted octanol–water partition coefficient (Wildman–Crippen LogP) is 3.27. The summed E-state index contributed by atoms with van der Waals surface area (Å²) in [5.74, 6) is 1.60. The Balaban J connectivity index is 0.00000280. The van der Waals surface area contributed by atoms with Gasteiger partial charge in [-0.05, 0) is 64.0 Å². The zero-order chi connectivity index (χ0) is 19.1. The molecule has 2 fully saturated rings. The molecule has 6 nitrogen and oxygen atoms in total. The second-order valence-corrected chi connectivity index (χ2v) is 7.53. The van der Waals surface area contributed by atoms with Gasteiger partial charge in [-0.1, -0.05) is 12.1 Å². The van der Waals surface area contributed by atoms with Crippen LogP contribution in [-0.4, -0.2) is 37.1 Å². The number of halogens is 1. The second kappa shape index (κ2) is 11.5. The van der Waals surface area contributed by atoms with Gasteiger partial charge in [-0.25, -0.2) is 4.99 Å². The number of carbonyl (C=O) groups excluding carboxylic acids is 1. The van der Waals surface area contributed by atoms with Gasteiger partial charge >= 0.3 is 0 Å². The normalized spacial score (nSPS) is 17.0. The Bertz CT molecular complexity index is 670. The number of guanidine groups is 1. The molecule has 1 amide bonds. The Hall–Kier alpha value is -1.51. The van der Waals surface area contributed by atoms with Crippen LogP contribution in [0.3, 0.4) is 0 Å². The summed E-state index contributed by atoms with van der Waals surface area (Å²) in [7, 11) is 0. The topological polar surface area (TPSA) is 74.8 Å². The summed E-state index contributed by atoms with van der Waals surface area (Å²) in [5, 5.41) is 9.29. The number of nitrogens with zero attached hydrogens (tertiary/aromatic N) is 1. The lowest BCUT2D eigenvalue weighted by Gasteiger charge is -2.17. The van der Waals surface area contributed by atoms with Gasteiger partial charge in [-0.15, -0.1) is 24.0 Å². The van der Waals surface area contributed by atoms with Gasteiger partial charge in [0.2, 0.25) is 5.91 Å². The standard InChI is InChI=1S/C21H32N4O2.HI/c1-3-22-21(24-14-20(26)25-17-10-11-17)23-13-16-9-8-15(2)12-19(16)27-18-6-4-5-7-18;/h8-9,12,17-18H,3-7,10-11,13-14H2,1-2H3,(H,25,26)(H2,22,23,24);1H. The van der Waals surface area contributed by atoms with Crippen molar-refractivity contribution in [3.63, 3.8) is 0 Å². The molecule has 2 saturated carbocycles. The van der Waals surface area contributed by atoms with E-state index in [1.807, 2.05) is 6.92 Å². The number of ether oxygens (including phenoxy) is 1. The minimum Gasteiger partial charge on any atom is -0.490 e. The summed E-state index contributed by atoms with van der Waals surface area (Å²) >= 11 is 0. The van der Waals surface area contributed by atoms with Gasteiger partial charge in [-0.3, -0.25) is 4.79 Å². The van der Waals surface area contributed by atoms with Crippen molar-refractivity contribution in [2.75, 3.05) is 13.1 Å². The minimum atomic E-state index is 0. The molecule has 7 heteroatoms. The van der Waals surface area contributed by atoms with E-state index in [2.05, 4.69) is 46.1 Å². The first-order chi connectivity index (χ1) is 13.1. The summed E-state index contributed by atoms with van der Waals surface area (Å²) in [4.78, 5) is 16.5. The van der Waals surface area contributed by atoms with Gasteiger partial charge in [0, 0.05) is 18.2 Å². The summed E-state index contributed by atoms with van der Waals surface area (Å²) in [5.41, 5.74) is 2.27. The molecule has 0 atom stereocenters. The zero-order valence-corrected chi connectivity index (χ0v) is 19.3. The number of carbonyl (C=O) groups is 1. The van der Waals surface area contributed by atoms with Crippen molar-refractivity contribution in [3.05, 3.63) is 29.3 Å². The van der Waals surface area contributed by atoms with E-state index in [1.165, 1.54) is 18.4 Å². The van der Waals surface area contributed by atoms with Crippen molar-refractivity contribution < 1.29 is 9.53 Å². The van der Waals surface area contributed by atoms with Crippen LogP contribution in [0.5, 0.6) is 5.75 Å². The molecular formula is C21H33IN4O2. The van der Waals surface area contributed by atoms with E-state index < -0.39 is 0 Å². The Morgan fingerprint density at radius 1 is 1.18 bits per heavy atom. The molecule has 1 aromatic carbocycles. The first-order valence-electron chi connectivity index (χ1n) is 10.2. The first kappa shape index (κ1) is 22.8. The fourth-order valence-electron chi connectivity index (χ4n) is 3.26. The van der Waals surface area contributed by atoms with Crippen LogP contribution >= 0.6 is 24.0 Å². The average molecular weight is 500 g/mol. The Morgan fingerprint density at radius 2 is 1.93 bits per heavy atom. The number of amides is 1. The fraction of sp³-hybridized carbons (Fsp3) is 0.619. The minimum absolute atomic E-state index is 0. The van der Waals surface area contributed by atoms with E-state index in [1.54, 1.807) is 0 Å². The fourth-order valence-corrected chi connectivity index (χ4v) is 3.26. The molecule has 0 bridgehead atoms. The van der Waals surface area contributed by atoms with Crippen LogP contribution in [0.15, 0.2) is 23.2 Å². The second-order valence-electron chi connectivity index (χ2n) is 7.53. The number of aliphatic imine (C=N–C) groups is 1. The highest BCUT2D eigenvalue weighted by molar-refractivity contribution is 14.0. The maximum Gasteiger partial charge on any atom is 0.239 e. The maximum atomic E-state index is 11.9. The number of hydrogen-bond acceptors (Lipinski definition) is 3. The summed E-state index contributed by atoms with van der Waals surface area (Å²) in [6.45, 7) is 5.60. The summed E-state index contributed by atoms with van der Waals surface area (Å²) < 4.78 is 6.25. The van der Waals surface area contributed by atoms with Crippen LogP contribution < -0.4 is 20.7 Å². The number of aryl methyl sites for hydroxylation is 1. The molecule has 3 N–H and O–H groups in total. The highest BCUT2D eigenvalue weighted by Gasteiger charge is 2.23. The summed E-state index contributed by atoms with van der Waals surface area (Å²) in [6, 6.07) is 6.66. The molecule has 28 heavy (non-hydrogen) atoms. The van der Waals surface area contributed by atoms with E-state index in [4.69, 9.17) is 4.74 Å². The third-order valence-corrected chi connectivity index (χ3v) is 4.93. The molecule has 0 aromatic heterocycles. The van der Waals surface area contributed by atoms with Gasteiger partial charge < -0.3 is 20.7 Å². The number of rotatable bonds is 8. The Kier molecular flexibility index (Phi) is 9.34. The molecule has 156 valence electrons. The third kappa shape index (κ3) is 7.48. The molecule has 0 unspecified atom stereocenters. The molecule has 0 aliphatic heterocycles. The van der Waals surface area contributed by atoms with Crippen LogP contribution in [-0.2, 0) is 11.3 Å². The summed E-state index contributed by atoms with van der Waals surface area (Å²) in [6.07, 6.45) is 7.29. The van der Waals surface area contributed by atoms with Crippen LogP contribution in [0.1, 0.15) is 56.6 Å². The number of benzene rings is 1. The maximum absolute atomic E-state index is 11.9. The van der Waals surface area contributed by atoms with Crippen LogP contribution in [0, 0.1) is 6.92 Å². The van der Waals surface area contributed by atoms with Gasteiger partial charge in [-0.2, -0.15) is 0 Å². The van der Waals surface area contributed by atoms with Crippen LogP contribution in [0.4, 0.5) is 0 Å². The largest absolute Gasteiger partial charge is 0.490 e. The van der Waals surface area contributed by atoms with Crippen molar-refractivity contribution >= 4 is 35.8 Å². The van der Waals surface area contributed by atoms with Gasteiger partial charge in [0.15, 0.2) is 5.96 Å². The number of nitrogens with one attached hydrogen (secondary N) is 3. The van der Waals surface area contributed by atoms with Crippen LogP contribution in [0.25, 0.3) is 0 Å². The van der Waals surface area contributed by atoms with Crippen molar-refractivity contribution in [2.45, 2.75) is 71.1 Å². The molecule has 2 aliphatic rings. The highest BCUT2D eigenvalue weighted by atomic mass is 127. The molecule has 3 rings (SSSR count). The quantitative estimate of drug-likeness (QED) is 0.291. The molecule has 2 aliphatic carbocycles. The van der Waals surface area contributed by atoms with Gasteiger partial charge in [0.05, 0.1) is 19.2 Å². The molecule has 1 aromatic rings. The predicted molar refractivity (Wildman–Crippen MR) is 123 cm³/mol. The monoisotopic (exact) mass is 500 g/mol. The lowest BCUT2D eigenvalue weighted by molar-refractivity contribution is -0.120. The van der Waals surface area contributed by atoms with Gasteiger partial charge in [0.25, 0.3) is 0 Å². The van der Waals surface area contributed by atoms with E-state index >= 15 is 0 Å². The molecule has 0 spiro atoms. The Labute approximate surface area is 185 Å². The molecule has 0 saturated heterocycles. The lowest BCUT2D eigenvalue weighted by Crippen LogP contribution is -2.43. The van der Waals surface area contributed by atoms with Crippen molar-refractivity contribution in [2.24, 2.45) is 4.99 Å². The van der Waals surface area contributed by atoms with Crippen molar-refractivity contribution in [1.82, 2.24) is 16.0 Å². The molecule has 0 radical (unpaired) electrons. The number of hydrogen-bond donors (Lipinski definition) is 3. The molecule has 0 heterocycles. The van der Waals surface area contributed by atoms with E-state index in [0.717, 1.165) is 43.5 Å². The highest BCUT2D eigenvalue weighted by Crippen LogP contribution is 2.28. The smallest absolute Gasteiger partial charge is 0.239 e. The van der Waals surface area contributed by atoms with Gasteiger partial charge in [0.1, 0.15) is 5.75 Å². The molecular weight excluding hydrogens is 467 g/mol. The van der Waals surface area contributed by atoms with E-state index in [-0.39, 0.29) is 36.4 Å². The first-order valence-corrected chi connectivity index (χ1v) is 10.2. The van der Waals surface area contributed by atoms with E-state index in [0.29, 0.717) is 24.7 Å². The third-order valence-electron chi connectivity index (χ3n) is 4.93. The SMILES string of the molecule is CCNC(=NCc1ccc(C)cc1OC1CCCC1)NCC(=O)NC1CC1.I. The average Bonchev–Trinajstić information content (AvgIpc) is 3.31. The zero-order valence-electron chi connectivity index (χ0n) is 16.9. The van der Waals surface area contributed by atoms with Crippen LogP contribution in [0.2, 0.25) is 0 Å². The van der Waals surface area contributed by atoms with Crippen molar-refractivity contribution in [3.8, 4) is 5.75 Å². The van der Waals surface area contributed by atoms with E-state index in [9.17, 15) is 4.79 Å². The Morgan fingerprint density at radius 3 is 2.61 bits per heavy atom.